The molecule has 1 aromatic rings. The van der Waals surface area contributed by atoms with Crippen molar-refractivity contribution in [3.63, 3.8) is 0 Å². The molecule has 0 bridgehead atoms. The topological polar surface area (TPSA) is 78.0 Å². The molecule has 0 aliphatic heterocycles. The number of carbonyl (C=O) groups excluding carboxylic acids is 1. The normalized spacial score (nSPS) is 15.4. The molecule has 1 heterocycles. The minimum absolute atomic E-state index is 0.0869. The van der Waals surface area contributed by atoms with Gasteiger partial charge in [0.25, 0.3) is 5.91 Å². The highest BCUT2D eigenvalue weighted by atomic mass is 16.3. The monoisotopic (exact) mass is 279 g/mol. The number of aromatic amines is 1. The number of aliphatic hydroxyl groups excluding tert-OH is 1. The van der Waals surface area contributed by atoms with Crippen molar-refractivity contribution in [1.82, 2.24) is 15.5 Å². The van der Waals surface area contributed by atoms with E-state index in [1.165, 1.54) is 0 Å². The second-order valence-electron chi connectivity index (χ2n) is 6.10. The fourth-order valence-electron chi connectivity index (χ4n) is 2.98. The number of nitrogens with one attached hydrogen (secondary N) is 2. The van der Waals surface area contributed by atoms with Crippen LogP contribution in [0.1, 0.15) is 54.9 Å². The van der Waals surface area contributed by atoms with Crippen molar-refractivity contribution in [2.45, 2.75) is 46.0 Å². The highest BCUT2D eigenvalue weighted by Gasteiger charge is 2.23. The van der Waals surface area contributed by atoms with Gasteiger partial charge in [-0.25, -0.2) is 0 Å². The van der Waals surface area contributed by atoms with E-state index < -0.39 is 0 Å². The van der Waals surface area contributed by atoms with Gasteiger partial charge in [0.1, 0.15) is 0 Å². The van der Waals surface area contributed by atoms with Crippen molar-refractivity contribution in [3.05, 3.63) is 17.0 Å². The zero-order valence-corrected chi connectivity index (χ0v) is 12.4. The number of aromatic nitrogens is 2. The molecule has 1 aliphatic carbocycles. The number of hydrogen-bond acceptors (Lipinski definition) is 3. The maximum Gasteiger partial charge on any atom is 0.272 e. The summed E-state index contributed by atoms with van der Waals surface area (Å²) in [6.07, 6.45) is 4.79. The summed E-state index contributed by atoms with van der Waals surface area (Å²) in [6.45, 7) is 5.10. The van der Waals surface area contributed by atoms with Crippen molar-refractivity contribution in [2.24, 2.45) is 11.8 Å². The molecule has 0 radical (unpaired) electrons. The summed E-state index contributed by atoms with van der Waals surface area (Å²) in [5.41, 5.74) is 2.76. The van der Waals surface area contributed by atoms with Crippen molar-refractivity contribution >= 4 is 5.91 Å². The van der Waals surface area contributed by atoms with Gasteiger partial charge in [-0.15, -0.1) is 0 Å². The molecule has 1 atom stereocenters. The largest absolute Gasteiger partial charge is 0.396 e. The average molecular weight is 279 g/mol. The number of hydrogen-bond donors (Lipinski definition) is 3. The van der Waals surface area contributed by atoms with Gasteiger partial charge in [0.05, 0.1) is 0 Å². The predicted octanol–water partition coefficient (Wildman–Crippen LogP) is 1.67. The van der Waals surface area contributed by atoms with Crippen LogP contribution in [0.3, 0.4) is 0 Å². The molecule has 112 valence electrons. The van der Waals surface area contributed by atoms with Gasteiger partial charge in [-0.2, -0.15) is 5.10 Å². The molecule has 1 aromatic heterocycles. The second-order valence-corrected chi connectivity index (χ2v) is 6.10. The van der Waals surface area contributed by atoms with E-state index in [9.17, 15) is 4.79 Å². The summed E-state index contributed by atoms with van der Waals surface area (Å²) in [5.74, 6) is 0.810. The zero-order chi connectivity index (χ0) is 14.5. The number of nitrogens with zero attached hydrogens (tertiary/aromatic N) is 1. The van der Waals surface area contributed by atoms with Crippen LogP contribution < -0.4 is 5.32 Å². The molecule has 1 unspecified atom stereocenters. The Hall–Kier alpha value is -1.36. The highest BCUT2D eigenvalue weighted by molar-refractivity contribution is 5.94. The quantitative estimate of drug-likeness (QED) is 0.710. The van der Waals surface area contributed by atoms with Crippen LogP contribution in [0.2, 0.25) is 0 Å². The van der Waals surface area contributed by atoms with Gasteiger partial charge in [-0.1, -0.05) is 13.8 Å². The van der Waals surface area contributed by atoms with Crippen molar-refractivity contribution in [3.8, 4) is 0 Å². The molecule has 0 fully saturated rings. The number of amides is 1. The molecule has 0 saturated carbocycles. The summed E-state index contributed by atoms with van der Waals surface area (Å²) in [7, 11) is 0. The molecular formula is C15H25N3O2. The van der Waals surface area contributed by atoms with E-state index in [-0.39, 0.29) is 12.5 Å². The summed E-state index contributed by atoms with van der Waals surface area (Å²) >= 11 is 0. The van der Waals surface area contributed by atoms with E-state index in [0.717, 1.165) is 43.4 Å². The first-order valence-electron chi connectivity index (χ1n) is 7.57. The van der Waals surface area contributed by atoms with Crippen LogP contribution in [0.5, 0.6) is 0 Å². The van der Waals surface area contributed by atoms with Gasteiger partial charge in [0, 0.05) is 24.4 Å². The van der Waals surface area contributed by atoms with E-state index in [1.807, 2.05) is 0 Å². The minimum Gasteiger partial charge on any atom is -0.396 e. The molecule has 1 amide bonds. The molecule has 1 aliphatic rings. The van der Waals surface area contributed by atoms with Crippen LogP contribution in [0.25, 0.3) is 0 Å². The Labute approximate surface area is 120 Å². The SMILES string of the molecule is CC(C)CC(CCO)CNC(=O)c1n[nH]c2c1CCC2. The fourth-order valence-corrected chi connectivity index (χ4v) is 2.98. The van der Waals surface area contributed by atoms with Crippen LogP contribution in [0, 0.1) is 11.8 Å². The number of fused-ring (bicyclic) bond motifs is 1. The van der Waals surface area contributed by atoms with E-state index in [1.54, 1.807) is 0 Å². The molecule has 0 aromatic carbocycles. The lowest BCUT2D eigenvalue weighted by atomic mass is 9.94. The molecule has 3 N–H and O–H groups in total. The van der Waals surface area contributed by atoms with E-state index in [0.29, 0.717) is 24.1 Å². The highest BCUT2D eigenvalue weighted by Crippen LogP contribution is 2.22. The standard InChI is InChI=1S/C15H25N3O2/c1-10(2)8-11(6-7-19)9-16-15(20)14-12-4-3-5-13(12)17-18-14/h10-11,19H,3-9H2,1-2H3,(H,16,20)(H,17,18). The Balaban J connectivity index is 1.90. The van der Waals surface area contributed by atoms with Crippen LogP contribution >= 0.6 is 0 Å². The molecule has 0 spiro atoms. The van der Waals surface area contributed by atoms with Crippen molar-refractivity contribution in [1.29, 1.82) is 0 Å². The number of rotatable bonds is 7. The molecule has 5 heteroatoms. The Morgan fingerprint density at radius 1 is 1.45 bits per heavy atom. The van der Waals surface area contributed by atoms with Crippen LogP contribution in [-0.4, -0.2) is 34.4 Å². The van der Waals surface area contributed by atoms with E-state index >= 15 is 0 Å². The zero-order valence-electron chi connectivity index (χ0n) is 12.4. The van der Waals surface area contributed by atoms with E-state index in [4.69, 9.17) is 5.11 Å². The van der Waals surface area contributed by atoms with Crippen LogP contribution in [0.4, 0.5) is 0 Å². The first-order valence-corrected chi connectivity index (χ1v) is 7.57. The Kier molecular flexibility index (Phi) is 5.17. The number of aryl methyl sites for hydroxylation is 1. The third kappa shape index (κ3) is 3.60. The molecule has 20 heavy (non-hydrogen) atoms. The van der Waals surface area contributed by atoms with Gasteiger partial charge < -0.3 is 10.4 Å². The van der Waals surface area contributed by atoms with Gasteiger partial charge in [0.15, 0.2) is 5.69 Å². The second kappa shape index (κ2) is 6.88. The molecule has 5 nitrogen and oxygen atoms in total. The number of carbonyl (C=O) groups is 1. The predicted molar refractivity (Wildman–Crippen MR) is 77.6 cm³/mol. The maximum atomic E-state index is 12.2. The third-order valence-corrected chi connectivity index (χ3v) is 3.91. The van der Waals surface area contributed by atoms with Gasteiger partial charge in [-0.05, 0) is 43.9 Å². The third-order valence-electron chi connectivity index (χ3n) is 3.91. The van der Waals surface area contributed by atoms with E-state index in [2.05, 4.69) is 29.4 Å². The first-order chi connectivity index (χ1) is 9.61. The summed E-state index contributed by atoms with van der Waals surface area (Å²) in [5, 5.41) is 19.2. The Morgan fingerprint density at radius 3 is 2.95 bits per heavy atom. The first kappa shape index (κ1) is 15.0. The lowest BCUT2D eigenvalue weighted by Gasteiger charge is -2.18. The van der Waals surface area contributed by atoms with Crippen molar-refractivity contribution < 1.29 is 9.90 Å². The fraction of sp³-hybridized carbons (Fsp3) is 0.733. The smallest absolute Gasteiger partial charge is 0.272 e. The van der Waals surface area contributed by atoms with Gasteiger partial charge >= 0.3 is 0 Å². The lowest BCUT2D eigenvalue weighted by Crippen LogP contribution is -2.31. The lowest BCUT2D eigenvalue weighted by molar-refractivity contribution is 0.0935. The number of aliphatic hydroxyl groups is 1. The number of H-pyrrole nitrogens is 1. The molecular weight excluding hydrogens is 254 g/mol. The van der Waals surface area contributed by atoms with Crippen LogP contribution in [-0.2, 0) is 12.8 Å². The average Bonchev–Trinajstić information content (AvgIpc) is 2.97. The Morgan fingerprint density at radius 2 is 2.25 bits per heavy atom. The summed E-state index contributed by atoms with van der Waals surface area (Å²) < 4.78 is 0. The maximum absolute atomic E-state index is 12.2. The summed E-state index contributed by atoms with van der Waals surface area (Å²) in [4.78, 5) is 12.2. The minimum atomic E-state index is -0.0869. The Bertz CT molecular complexity index is 454. The summed E-state index contributed by atoms with van der Waals surface area (Å²) in [6, 6.07) is 0. The van der Waals surface area contributed by atoms with Gasteiger partial charge in [0.2, 0.25) is 0 Å². The van der Waals surface area contributed by atoms with Crippen LogP contribution in [0.15, 0.2) is 0 Å². The molecule has 0 saturated heterocycles. The molecule has 2 rings (SSSR count). The van der Waals surface area contributed by atoms with Crippen molar-refractivity contribution in [2.75, 3.05) is 13.2 Å². The van der Waals surface area contributed by atoms with Gasteiger partial charge in [-0.3, -0.25) is 9.89 Å².